The fourth-order valence-electron chi connectivity index (χ4n) is 2.62. The van der Waals surface area contributed by atoms with Crippen molar-refractivity contribution in [2.45, 2.75) is 84.0 Å². The normalized spacial score (nSPS) is 13.4. The maximum atomic E-state index is 5.39. The van der Waals surface area contributed by atoms with Crippen LogP contribution in [0.25, 0.3) is 0 Å². The SMILES string of the molecule is CCCCN(CCCCC[SiH](OC)OC)[Si](C)(C)C(C)(C)C. The fraction of sp³-hybridized carbons (Fsp3) is 1.00. The molecule has 0 aromatic carbocycles. The quantitative estimate of drug-likeness (QED) is 0.375. The molecular formula is C17H41NO2Si2. The van der Waals surface area contributed by atoms with E-state index in [-0.39, 0.29) is 0 Å². The topological polar surface area (TPSA) is 21.7 Å². The monoisotopic (exact) mass is 347 g/mol. The Morgan fingerprint density at radius 1 is 0.909 bits per heavy atom. The summed E-state index contributed by atoms with van der Waals surface area (Å²) in [4.78, 5) is 0. The zero-order chi connectivity index (χ0) is 17.2. The van der Waals surface area contributed by atoms with Crippen LogP contribution in [-0.2, 0) is 8.85 Å². The minimum Gasteiger partial charge on any atom is -0.400 e. The minimum absolute atomic E-state index is 0.435. The van der Waals surface area contributed by atoms with Crippen LogP contribution >= 0.6 is 0 Å². The van der Waals surface area contributed by atoms with Gasteiger partial charge in [0.2, 0.25) is 0 Å². The second-order valence-corrected chi connectivity index (χ2v) is 15.5. The smallest absolute Gasteiger partial charge is 0.320 e. The molecule has 0 spiro atoms. The van der Waals surface area contributed by atoms with Crippen molar-refractivity contribution in [2.24, 2.45) is 0 Å². The van der Waals surface area contributed by atoms with E-state index in [0.29, 0.717) is 5.04 Å². The Morgan fingerprint density at radius 2 is 1.45 bits per heavy atom. The van der Waals surface area contributed by atoms with E-state index in [1.54, 1.807) is 14.2 Å². The molecule has 0 fully saturated rings. The molecule has 0 bridgehead atoms. The van der Waals surface area contributed by atoms with Gasteiger partial charge in [-0.3, -0.25) is 0 Å². The van der Waals surface area contributed by atoms with Gasteiger partial charge in [-0.1, -0.05) is 60.1 Å². The molecule has 0 aliphatic rings. The largest absolute Gasteiger partial charge is 0.400 e. The van der Waals surface area contributed by atoms with E-state index in [0.717, 1.165) is 6.04 Å². The molecule has 3 nitrogen and oxygen atoms in total. The van der Waals surface area contributed by atoms with Gasteiger partial charge < -0.3 is 13.4 Å². The third kappa shape index (κ3) is 7.73. The van der Waals surface area contributed by atoms with E-state index in [1.807, 2.05) is 0 Å². The number of hydrogen-bond donors (Lipinski definition) is 0. The minimum atomic E-state index is -1.37. The Hall–Kier alpha value is 0.314. The molecule has 0 aliphatic carbocycles. The predicted octanol–water partition coefficient (Wildman–Crippen LogP) is 4.78. The first-order valence-corrected chi connectivity index (χ1v) is 13.7. The zero-order valence-corrected chi connectivity index (χ0v) is 18.7. The van der Waals surface area contributed by atoms with Crippen LogP contribution in [0, 0.1) is 0 Å². The van der Waals surface area contributed by atoms with E-state index < -0.39 is 17.5 Å². The molecule has 0 amide bonds. The summed E-state index contributed by atoms with van der Waals surface area (Å²) in [6.07, 6.45) is 6.48. The lowest BCUT2D eigenvalue weighted by molar-refractivity contribution is 0.275. The summed E-state index contributed by atoms with van der Waals surface area (Å²) in [5.74, 6) is 0. The van der Waals surface area contributed by atoms with Gasteiger partial charge in [-0.05, 0) is 37.0 Å². The van der Waals surface area contributed by atoms with Crippen LogP contribution in [0.4, 0.5) is 0 Å². The van der Waals surface area contributed by atoms with Crippen molar-refractivity contribution in [3.05, 3.63) is 0 Å². The molecule has 0 heterocycles. The van der Waals surface area contributed by atoms with Crippen LogP contribution in [0.1, 0.15) is 59.8 Å². The van der Waals surface area contributed by atoms with E-state index in [1.165, 1.54) is 45.2 Å². The van der Waals surface area contributed by atoms with Crippen molar-refractivity contribution in [1.82, 2.24) is 4.57 Å². The first kappa shape index (κ1) is 22.3. The first-order valence-electron chi connectivity index (χ1n) is 9.01. The van der Waals surface area contributed by atoms with Gasteiger partial charge in [0.15, 0.2) is 0 Å². The number of unbranched alkanes of at least 4 members (excludes halogenated alkanes) is 3. The average Bonchev–Trinajstić information content (AvgIpc) is 2.44. The van der Waals surface area contributed by atoms with Crippen LogP contribution in [0.5, 0.6) is 0 Å². The molecule has 0 atom stereocenters. The highest BCUT2D eigenvalue weighted by molar-refractivity contribution is 6.77. The third-order valence-electron chi connectivity index (χ3n) is 5.30. The van der Waals surface area contributed by atoms with Crippen LogP contribution in [0.3, 0.4) is 0 Å². The third-order valence-corrected chi connectivity index (χ3v) is 12.9. The van der Waals surface area contributed by atoms with E-state index in [4.69, 9.17) is 8.85 Å². The Kier molecular flexibility index (Phi) is 11.1. The lowest BCUT2D eigenvalue weighted by atomic mass is 10.2. The van der Waals surface area contributed by atoms with Crippen LogP contribution < -0.4 is 0 Å². The molecule has 0 saturated carbocycles. The summed E-state index contributed by atoms with van der Waals surface area (Å²) in [6, 6.07) is 1.14. The number of hydrogen-bond acceptors (Lipinski definition) is 3. The summed E-state index contributed by atoms with van der Waals surface area (Å²) in [5, 5.41) is 0.435. The zero-order valence-electron chi connectivity index (χ0n) is 16.5. The van der Waals surface area contributed by atoms with Gasteiger partial charge in [0.1, 0.15) is 8.24 Å². The molecule has 0 aromatic heterocycles. The Balaban J connectivity index is 4.32. The number of nitrogens with zero attached hydrogens (tertiary/aromatic N) is 1. The molecule has 0 unspecified atom stereocenters. The molecule has 0 rings (SSSR count). The van der Waals surface area contributed by atoms with Crippen molar-refractivity contribution < 1.29 is 8.85 Å². The van der Waals surface area contributed by atoms with Crippen molar-refractivity contribution in [1.29, 1.82) is 0 Å². The van der Waals surface area contributed by atoms with Crippen LogP contribution in [0.2, 0.25) is 24.2 Å². The Bertz CT molecular complexity index is 276. The molecule has 5 heteroatoms. The van der Waals surface area contributed by atoms with Crippen molar-refractivity contribution >= 4 is 17.5 Å². The molecule has 0 aliphatic heterocycles. The number of rotatable bonds is 12. The van der Waals surface area contributed by atoms with Crippen molar-refractivity contribution in [3.8, 4) is 0 Å². The maximum Gasteiger partial charge on any atom is 0.320 e. The fourth-order valence-corrected chi connectivity index (χ4v) is 6.29. The molecule has 22 heavy (non-hydrogen) atoms. The molecule has 0 saturated heterocycles. The Labute approximate surface area is 142 Å². The second-order valence-electron chi connectivity index (χ2n) is 7.90. The van der Waals surface area contributed by atoms with Gasteiger partial charge in [0.05, 0.1) is 0 Å². The maximum absolute atomic E-state index is 5.39. The molecule has 0 N–H and O–H groups in total. The predicted molar refractivity (Wildman–Crippen MR) is 104 cm³/mol. The van der Waals surface area contributed by atoms with Gasteiger partial charge in [0, 0.05) is 14.2 Å². The highest BCUT2D eigenvalue weighted by atomic mass is 28.3. The lowest BCUT2D eigenvalue weighted by Crippen LogP contribution is -2.55. The summed E-state index contributed by atoms with van der Waals surface area (Å²) in [6.45, 7) is 17.2. The molecule has 0 aromatic rings. The standard InChI is InChI=1S/C17H41NO2Si2/c1-9-10-14-18(22(7,8)17(2,3)4)15-12-11-13-16-21(19-5)20-6/h21H,9-16H2,1-8H3. The van der Waals surface area contributed by atoms with Crippen LogP contribution in [0.15, 0.2) is 0 Å². The summed E-state index contributed by atoms with van der Waals surface area (Å²) >= 11 is 0. The van der Waals surface area contributed by atoms with Gasteiger partial charge in [-0.15, -0.1) is 0 Å². The summed E-state index contributed by atoms with van der Waals surface area (Å²) < 4.78 is 13.6. The average molecular weight is 348 g/mol. The lowest BCUT2D eigenvalue weighted by Gasteiger charge is -2.46. The van der Waals surface area contributed by atoms with Gasteiger partial charge in [-0.25, -0.2) is 0 Å². The highest BCUT2D eigenvalue weighted by Gasteiger charge is 2.40. The van der Waals surface area contributed by atoms with Gasteiger partial charge in [-0.2, -0.15) is 0 Å². The summed E-state index contributed by atoms with van der Waals surface area (Å²) in [7, 11) is 0.846. The first-order chi connectivity index (χ1) is 10.2. The molecular weight excluding hydrogens is 306 g/mol. The van der Waals surface area contributed by atoms with E-state index >= 15 is 0 Å². The van der Waals surface area contributed by atoms with E-state index in [9.17, 15) is 0 Å². The second kappa shape index (κ2) is 11.0. The molecule has 0 radical (unpaired) electrons. The highest BCUT2D eigenvalue weighted by Crippen LogP contribution is 2.38. The van der Waals surface area contributed by atoms with Crippen molar-refractivity contribution in [3.63, 3.8) is 0 Å². The Morgan fingerprint density at radius 3 is 1.91 bits per heavy atom. The summed E-state index contributed by atoms with van der Waals surface area (Å²) in [5.41, 5.74) is 0. The van der Waals surface area contributed by atoms with Gasteiger partial charge >= 0.3 is 9.28 Å². The van der Waals surface area contributed by atoms with E-state index in [2.05, 4.69) is 45.4 Å². The van der Waals surface area contributed by atoms with Crippen LogP contribution in [-0.4, -0.2) is 49.4 Å². The van der Waals surface area contributed by atoms with Crippen molar-refractivity contribution in [2.75, 3.05) is 27.3 Å². The van der Waals surface area contributed by atoms with Gasteiger partial charge in [0.25, 0.3) is 0 Å². The molecule has 134 valence electrons.